The number of hydrogen-bond donors (Lipinski definition) is 0. The zero-order valence-corrected chi connectivity index (χ0v) is 11.2. The van der Waals surface area contributed by atoms with Gasteiger partial charge in [-0.15, -0.1) is 0 Å². The molecule has 0 saturated heterocycles. The van der Waals surface area contributed by atoms with Crippen molar-refractivity contribution in [2.45, 2.75) is 33.6 Å². The van der Waals surface area contributed by atoms with Gasteiger partial charge in [0.2, 0.25) is 0 Å². The molecule has 0 saturated carbocycles. The SMILES string of the molecule is CC(C)(C)CC1=CC[C]([Hf])=C1. The second-order valence-corrected chi connectivity index (χ2v) is 6.70. The summed E-state index contributed by atoms with van der Waals surface area (Å²) in [7, 11) is 0. The fourth-order valence-corrected chi connectivity index (χ4v) is 2.35. The van der Waals surface area contributed by atoms with E-state index in [-0.39, 0.29) is 0 Å². The summed E-state index contributed by atoms with van der Waals surface area (Å²) in [4.78, 5) is 0. The molecule has 0 aliphatic heterocycles. The molecule has 0 bridgehead atoms. The molecule has 0 unspecified atom stereocenters. The van der Waals surface area contributed by atoms with Gasteiger partial charge in [0.25, 0.3) is 0 Å². The van der Waals surface area contributed by atoms with E-state index in [1.807, 2.05) is 0 Å². The first-order valence-electron chi connectivity index (χ1n) is 4.08. The molecular formula is C10H15Hf. The molecule has 0 aromatic carbocycles. The van der Waals surface area contributed by atoms with Gasteiger partial charge in [0, 0.05) is 0 Å². The fourth-order valence-electron chi connectivity index (χ4n) is 1.32. The van der Waals surface area contributed by atoms with Gasteiger partial charge in [-0.2, -0.15) is 0 Å². The second kappa shape index (κ2) is 3.38. The van der Waals surface area contributed by atoms with Crippen LogP contribution < -0.4 is 0 Å². The quantitative estimate of drug-likeness (QED) is 0.652. The predicted octanol–water partition coefficient (Wildman–Crippen LogP) is 3.18. The van der Waals surface area contributed by atoms with Gasteiger partial charge < -0.3 is 0 Å². The Hall–Kier alpha value is 0.350. The minimum atomic E-state index is 0.453. The first-order valence-corrected chi connectivity index (χ1v) is 5.88. The van der Waals surface area contributed by atoms with E-state index in [0.717, 1.165) is 0 Å². The maximum absolute atomic E-state index is 2.39. The molecule has 0 aromatic rings. The molecule has 1 aliphatic carbocycles. The van der Waals surface area contributed by atoms with Gasteiger partial charge in [0.05, 0.1) is 0 Å². The molecule has 0 N–H and O–H groups in total. The van der Waals surface area contributed by atoms with Crippen LogP contribution in [0.15, 0.2) is 21.1 Å². The van der Waals surface area contributed by atoms with Crippen LogP contribution >= 0.6 is 0 Å². The van der Waals surface area contributed by atoms with Gasteiger partial charge in [0.15, 0.2) is 0 Å². The van der Waals surface area contributed by atoms with Crippen LogP contribution in [-0.2, 0) is 24.4 Å². The van der Waals surface area contributed by atoms with E-state index in [1.54, 1.807) is 8.90 Å². The van der Waals surface area contributed by atoms with Crippen molar-refractivity contribution >= 4 is 0 Å². The van der Waals surface area contributed by atoms with Gasteiger partial charge in [-0.25, -0.2) is 0 Å². The van der Waals surface area contributed by atoms with Crippen LogP contribution in [0.2, 0.25) is 0 Å². The molecule has 1 heteroatoms. The summed E-state index contributed by atoms with van der Waals surface area (Å²) in [6.07, 6.45) is 7.24. The van der Waals surface area contributed by atoms with Gasteiger partial charge in [-0.05, 0) is 0 Å². The number of allylic oxidation sites excluding steroid dienone is 4. The summed E-state index contributed by atoms with van der Waals surface area (Å²) >= 11 is 1.24. The molecule has 0 radical (unpaired) electrons. The Morgan fingerprint density at radius 2 is 2.09 bits per heavy atom. The molecule has 0 fully saturated rings. The van der Waals surface area contributed by atoms with E-state index in [4.69, 9.17) is 0 Å². The van der Waals surface area contributed by atoms with Crippen molar-refractivity contribution in [2.75, 3.05) is 0 Å². The number of hydrogen-bond acceptors (Lipinski definition) is 0. The first-order chi connectivity index (χ1) is 4.97. The van der Waals surface area contributed by atoms with E-state index >= 15 is 0 Å². The average Bonchev–Trinajstić information content (AvgIpc) is 2.10. The van der Waals surface area contributed by atoms with Crippen LogP contribution in [-0.4, -0.2) is 0 Å². The van der Waals surface area contributed by atoms with Crippen molar-refractivity contribution < 1.29 is 24.4 Å². The molecule has 0 nitrogen and oxygen atoms in total. The minimum absolute atomic E-state index is 0.453. The van der Waals surface area contributed by atoms with Crippen molar-refractivity contribution in [2.24, 2.45) is 5.41 Å². The first kappa shape index (κ1) is 9.44. The van der Waals surface area contributed by atoms with Crippen molar-refractivity contribution in [3.63, 3.8) is 0 Å². The second-order valence-electron chi connectivity index (χ2n) is 4.39. The molecule has 1 rings (SSSR count). The Kier molecular flexibility index (Phi) is 2.90. The van der Waals surface area contributed by atoms with Crippen molar-refractivity contribution in [1.82, 2.24) is 0 Å². The Labute approximate surface area is 84.3 Å². The summed E-state index contributed by atoms with van der Waals surface area (Å²) in [6.45, 7) is 6.90. The van der Waals surface area contributed by atoms with Crippen LogP contribution in [0.25, 0.3) is 0 Å². The summed E-state index contributed by atoms with van der Waals surface area (Å²) < 4.78 is 1.64. The average molecular weight is 314 g/mol. The third kappa shape index (κ3) is 3.50. The summed E-state index contributed by atoms with van der Waals surface area (Å²) in [5.74, 6) is 0. The molecule has 1 aliphatic rings. The Morgan fingerprint density at radius 3 is 2.45 bits per heavy atom. The molecular weight excluding hydrogens is 299 g/mol. The van der Waals surface area contributed by atoms with E-state index in [2.05, 4.69) is 32.9 Å². The molecule has 0 atom stereocenters. The predicted molar refractivity (Wildman–Crippen MR) is 44.9 cm³/mol. The summed E-state index contributed by atoms with van der Waals surface area (Å²) in [6, 6.07) is 0. The maximum atomic E-state index is 2.39. The van der Waals surface area contributed by atoms with E-state index in [9.17, 15) is 0 Å². The van der Waals surface area contributed by atoms with Crippen LogP contribution in [0, 0.1) is 5.41 Å². The molecule has 0 amide bonds. The standard InChI is InChI=1S/C10H15.Hf/c1-10(2,3)8-9-6-4-5-7-9;/h6-7H,4,8H2,1-3H3;. The number of rotatable bonds is 1. The van der Waals surface area contributed by atoms with Gasteiger partial charge >= 0.3 is 84.5 Å². The molecule has 59 valence electrons. The van der Waals surface area contributed by atoms with Crippen LogP contribution in [0.5, 0.6) is 0 Å². The van der Waals surface area contributed by atoms with E-state index in [1.165, 1.54) is 37.2 Å². The van der Waals surface area contributed by atoms with Gasteiger partial charge in [0.1, 0.15) is 0 Å². The van der Waals surface area contributed by atoms with Crippen molar-refractivity contribution in [3.05, 3.63) is 21.1 Å². The normalized spacial score (nSPS) is 18.0. The van der Waals surface area contributed by atoms with Crippen molar-refractivity contribution in [1.29, 1.82) is 0 Å². The summed E-state index contributed by atoms with van der Waals surface area (Å²) in [5, 5.41) is 0. The molecule has 0 spiro atoms. The van der Waals surface area contributed by atoms with Gasteiger partial charge in [-0.1, -0.05) is 0 Å². The van der Waals surface area contributed by atoms with Crippen LogP contribution in [0.1, 0.15) is 33.6 Å². The molecule has 0 heterocycles. The molecule has 0 aromatic heterocycles. The monoisotopic (exact) mass is 315 g/mol. The zero-order valence-electron chi connectivity index (χ0n) is 7.57. The zero-order chi connectivity index (χ0) is 8.48. The third-order valence-corrected chi connectivity index (χ3v) is 2.93. The molecule has 11 heavy (non-hydrogen) atoms. The van der Waals surface area contributed by atoms with E-state index < -0.39 is 0 Å². The third-order valence-electron chi connectivity index (χ3n) is 1.68. The van der Waals surface area contributed by atoms with Crippen LogP contribution in [0.3, 0.4) is 0 Å². The van der Waals surface area contributed by atoms with Crippen LogP contribution in [0.4, 0.5) is 0 Å². The summed E-state index contributed by atoms with van der Waals surface area (Å²) in [5.41, 5.74) is 2.01. The van der Waals surface area contributed by atoms with E-state index in [0.29, 0.717) is 5.41 Å². The fraction of sp³-hybridized carbons (Fsp3) is 0.600. The Morgan fingerprint density at radius 1 is 1.45 bits per heavy atom. The van der Waals surface area contributed by atoms with Gasteiger partial charge in [-0.3, -0.25) is 0 Å². The topological polar surface area (TPSA) is 0 Å². The van der Waals surface area contributed by atoms with Crippen molar-refractivity contribution in [3.8, 4) is 0 Å². The Bertz CT molecular complexity index is 203. The Balaban J connectivity index is 2.53.